The van der Waals surface area contributed by atoms with Crippen LogP contribution < -0.4 is 5.32 Å². The Hall–Kier alpha value is -2.28. The van der Waals surface area contributed by atoms with Crippen molar-refractivity contribution >= 4 is 5.91 Å². The molecule has 1 aliphatic rings. The van der Waals surface area contributed by atoms with E-state index in [0.29, 0.717) is 18.6 Å². The Kier molecular flexibility index (Phi) is 6.78. The van der Waals surface area contributed by atoms with Gasteiger partial charge in [-0.1, -0.05) is 23.8 Å². The molecule has 0 saturated carbocycles. The van der Waals surface area contributed by atoms with Crippen LogP contribution in [-0.4, -0.2) is 51.0 Å². The smallest absolute Gasteiger partial charge is 0.273 e. The predicted octanol–water partition coefficient (Wildman–Crippen LogP) is 3.41. The van der Waals surface area contributed by atoms with Crippen molar-refractivity contribution in [2.45, 2.75) is 64.6 Å². The maximum atomic E-state index is 13.4. The van der Waals surface area contributed by atoms with Gasteiger partial charge in [-0.2, -0.15) is 0 Å². The van der Waals surface area contributed by atoms with Crippen LogP contribution in [0.15, 0.2) is 30.5 Å². The molecule has 1 fully saturated rings. The first-order valence-corrected chi connectivity index (χ1v) is 10.2. The van der Waals surface area contributed by atoms with Crippen LogP contribution in [0.1, 0.15) is 68.5 Å². The lowest BCUT2D eigenvalue weighted by Gasteiger charge is -2.39. The van der Waals surface area contributed by atoms with Gasteiger partial charge in [0.1, 0.15) is 5.82 Å². The number of carbonyl (C=O) groups excluding carboxylic acids is 1. The number of nitrogens with one attached hydrogen (secondary N) is 1. The van der Waals surface area contributed by atoms with Crippen LogP contribution in [0.5, 0.6) is 0 Å². The molecule has 3 atom stereocenters. The molecule has 3 rings (SSSR count). The normalized spacial score (nSPS) is 21.4. The topological polar surface area (TPSA) is 63.1 Å². The summed E-state index contributed by atoms with van der Waals surface area (Å²) in [6, 6.07) is 7.39. The van der Waals surface area contributed by atoms with Crippen molar-refractivity contribution in [3.05, 3.63) is 47.5 Å². The van der Waals surface area contributed by atoms with Gasteiger partial charge >= 0.3 is 0 Å². The van der Waals surface area contributed by atoms with Crippen LogP contribution in [0.4, 0.5) is 4.39 Å². The lowest BCUT2D eigenvalue weighted by molar-refractivity contribution is 0.0921. The predicted molar refractivity (Wildman–Crippen MR) is 107 cm³/mol. The van der Waals surface area contributed by atoms with Crippen LogP contribution >= 0.6 is 0 Å². The number of hydrogen-bond donors (Lipinski definition) is 1. The molecule has 152 valence electrons. The molecule has 0 radical (unpaired) electrons. The Morgan fingerprint density at radius 1 is 1.32 bits per heavy atom. The standard InChI is InChI=1S/C21H30FN5O/c1-15-7-4-8-16(2)26(15)12-6-11-23-21(28)20-14-27(25-24-20)17(3)18-9-5-10-19(22)13-18/h5,9-10,13-17H,4,6-8,11-12H2,1-3H3,(H,23,28)/t15-,16+,17-/m1/s1. The van der Waals surface area contributed by atoms with Crippen molar-refractivity contribution in [1.82, 2.24) is 25.2 Å². The van der Waals surface area contributed by atoms with Gasteiger partial charge in [0.15, 0.2) is 5.69 Å². The summed E-state index contributed by atoms with van der Waals surface area (Å²) in [4.78, 5) is 14.9. The average Bonchev–Trinajstić information content (AvgIpc) is 3.16. The van der Waals surface area contributed by atoms with Gasteiger partial charge in [0.05, 0.1) is 12.2 Å². The summed E-state index contributed by atoms with van der Waals surface area (Å²) in [5.41, 5.74) is 1.06. The van der Waals surface area contributed by atoms with Crippen LogP contribution in [0.3, 0.4) is 0 Å². The first-order chi connectivity index (χ1) is 13.5. The molecule has 28 heavy (non-hydrogen) atoms. The number of piperidine rings is 1. The number of halogens is 1. The van der Waals surface area contributed by atoms with E-state index in [9.17, 15) is 9.18 Å². The summed E-state index contributed by atoms with van der Waals surface area (Å²) in [6.07, 6.45) is 6.33. The van der Waals surface area contributed by atoms with Gasteiger partial charge in [0.25, 0.3) is 5.91 Å². The minimum Gasteiger partial charge on any atom is -0.351 e. The van der Waals surface area contributed by atoms with Crippen LogP contribution in [0.25, 0.3) is 0 Å². The first-order valence-electron chi connectivity index (χ1n) is 10.2. The number of carbonyl (C=O) groups is 1. The number of benzene rings is 1. The fourth-order valence-corrected chi connectivity index (χ4v) is 3.96. The molecule has 6 nitrogen and oxygen atoms in total. The van der Waals surface area contributed by atoms with E-state index >= 15 is 0 Å². The van der Waals surface area contributed by atoms with E-state index in [1.165, 1.54) is 31.4 Å². The van der Waals surface area contributed by atoms with Crippen molar-refractivity contribution in [2.24, 2.45) is 0 Å². The van der Waals surface area contributed by atoms with E-state index in [1.54, 1.807) is 16.9 Å². The van der Waals surface area contributed by atoms with Crippen molar-refractivity contribution in [3.8, 4) is 0 Å². The summed E-state index contributed by atoms with van der Waals surface area (Å²) >= 11 is 0. The highest BCUT2D eigenvalue weighted by Gasteiger charge is 2.24. The molecule has 1 aromatic carbocycles. The fraction of sp³-hybridized carbons (Fsp3) is 0.571. The van der Waals surface area contributed by atoms with E-state index in [2.05, 4.69) is 34.4 Å². The molecular formula is C21H30FN5O. The maximum absolute atomic E-state index is 13.4. The second kappa shape index (κ2) is 9.28. The minimum absolute atomic E-state index is 0.202. The monoisotopic (exact) mass is 387 g/mol. The number of hydrogen-bond acceptors (Lipinski definition) is 4. The molecule has 2 aromatic rings. The summed E-state index contributed by atoms with van der Waals surface area (Å²) < 4.78 is 15.0. The SMILES string of the molecule is C[C@@H]1CCC[C@H](C)N1CCCNC(=O)c1cn([C@H](C)c2cccc(F)c2)nn1. The van der Waals surface area contributed by atoms with Crippen molar-refractivity contribution in [2.75, 3.05) is 13.1 Å². The molecule has 0 unspecified atom stereocenters. The fourth-order valence-electron chi connectivity index (χ4n) is 3.96. The third-order valence-electron chi connectivity index (χ3n) is 5.73. The Balaban J connectivity index is 1.49. The second-order valence-corrected chi connectivity index (χ2v) is 7.79. The third-order valence-corrected chi connectivity index (χ3v) is 5.73. The molecule has 1 aromatic heterocycles. The van der Waals surface area contributed by atoms with Crippen LogP contribution in [0, 0.1) is 5.82 Å². The Morgan fingerprint density at radius 2 is 2.07 bits per heavy atom. The summed E-state index contributed by atoms with van der Waals surface area (Å²) in [5, 5.41) is 10.9. The second-order valence-electron chi connectivity index (χ2n) is 7.79. The summed E-state index contributed by atoms with van der Waals surface area (Å²) in [5.74, 6) is -0.516. The molecule has 0 spiro atoms. The van der Waals surface area contributed by atoms with E-state index in [0.717, 1.165) is 18.5 Å². The minimum atomic E-state index is -0.292. The number of rotatable bonds is 7. The highest BCUT2D eigenvalue weighted by Crippen LogP contribution is 2.22. The van der Waals surface area contributed by atoms with Crippen molar-refractivity contribution in [3.63, 3.8) is 0 Å². The van der Waals surface area contributed by atoms with E-state index < -0.39 is 0 Å². The number of likely N-dealkylation sites (tertiary alicyclic amines) is 1. The molecule has 1 aliphatic heterocycles. The molecule has 1 saturated heterocycles. The van der Waals surface area contributed by atoms with Gasteiger partial charge in [-0.15, -0.1) is 5.10 Å². The molecule has 0 aliphatic carbocycles. The molecular weight excluding hydrogens is 357 g/mol. The molecule has 7 heteroatoms. The number of amides is 1. The first kappa shape index (κ1) is 20.5. The maximum Gasteiger partial charge on any atom is 0.273 e. The highest BCUT2D eigenvalue weighted by molar-refractivity contribution is 5.91. The largest absolute Gasteiger partial charge is 0.351 e. The number of aromatic nitrogens is 3. The summed E-state index contributed by atoms with van der Waals surface area (Å²) in [6.45, 7) is 8.07. The lowest BCUT2D eigenvalue weighted by atomic mass is 9.97. The van der Waals surface area contributed by atoms with Crippen molar-refractivity contribution < 1.29 is 9.18 Å². The highest BCUT2D eigenvalue weighted by atomic mass is 19.1. The Labute approximate surface area is 166 Å². The molecule has 1 amide bonds. The zero-order valence-corrected chi connectivity index (χ0v) is 16.9. The van der Waals surface area contributed by atoms with Crippen molar-refractivity contribution in [1.29, 1.82) is 0 Å². The van der Waals surface area contributed by atoms with Gasteiger partial charge in [0.2, 0.25) is 0 Å². The zero-order chi connectivity index (χ0) is 20.1. The average molecular weight is 388 g/mol. The quantitative estimate of drug-likeness (QED) is 0.740. The van der Waals surface area contributed by atoms with Gasteiger partial charge in [-0.3, -0.25) is 9.69 Å². The van der Waals surface area contributed by atoms with E-state index in [4.69, 9.17) is 0 Å². The molecule has 0 bridgehead atoms. The van der Waals surface area contributed by atoms with Crippen LogP contribution in [-0.2, 0) is 0 Å². The van der Waals surface area contributed by atoms with E-state index in [1.807, 2.05) is 13.0 Å². The zero-order valence-electron chi connectivity index (χ0n) is 16.9. The van der Waals surface area contributed by atoms with Crippen LogP contribution in [0.2, 0.25) is 0 Å². The van der Waals surface area contributed by atoms with E-state index in [-0.39, 0.29) is 23.5 Å². The lowest BCUT2D eigenvalue weighted by Crippen LogP contribution is -2.44. The Bertz CT molecular complexity index is 783. The summed E-state index contributed by atoms with van der Waals surface area (Å²) in [7, 11) is 0. The number of nitrogens with zero attached hydrogens (tertiary/aromatic N) is 4. The van der Waals surface area contributed by atoms with Gasteiger partial charge in [-0.25, -0.2) is 9.07 Å². The molecule has 2 heterocycles. The van der Waals surface area contributed by atoms with Gasteiger partial charge in [-0.05, 0) is 57.7 Å². The van der Waals surface area contributed by atoms with Gasteiger partial charge in [0, 0.05) is 25.2 Å². The Morgan fingerprint density at radius 3 is 2.79 bits per heavy atom. The third kappa shape index (κ3) is 4.95. The molecule has 1 N–H and O–H groups in total. The van der Waals surface area contributed by atoms with Gasteiger partial charge < -0.3 is 5.32 Å².